The van der Waals surface area contributed by atoms with Crippen LogP contribution in [0.15, 0.2) is 24.8 Å². The SMILES string of the molecule is Cc1cc(CNC(C)C)cc(-n2cncn2)n1. The van der Waals surface area contributed by atoms with E-state index in [4.69, 9.17) is 0 Å². The first-order valence-electron chi connectivity index (χ1n) is 5.71. The van der Waals surface area contributed by atoms with Crippen molar-refractivity contribution in [2.75, 3.05) is 0 Å². The second kappa shape index (κ2) is 5.05. The Morgan fingerprint density at radius 2 is 2.18 bits per heavy atom. The zero-order valence-corrected chi connectivity index (χ0v) is 10.4. The lowest BCUT2D eigenvalue weighted by molar-refractivity contribution is 0.588. The molecule has 0 atom stereocenters. The number of rotatable bonds is 4. The molecule has 0 aliphatic heterocycles. The first kappa shape index (κ1) is 11.7. The van der Waals surface area contributed by atoms with Crippen LogP contribution in [-0.4, -0.2) is 25.8 Å². The van der Waals surface area contributed by atoms with Gasteiger partial charge in [0.1, 0.15) is 12.7 Å². The molecule has 2 aromatic rings. The Morgan fingerprint density at radius 3 is 2.82 bits per heavy atom. The second-order valence-electron chi connectivity index (χ2n) is 4.35. The zero-order valence-electron chi connectivity index (χ0n) is 10.4. The van der Waals surface area contributed by atoms with Gasteiger partial charge in [-0.3, -0.25) is 0 Å². The summed E-state index contributed by atoms with van der Waals surface area (Å²) in [6.07, 6.45) is 3.16. The van der Waals surface area contributed by atoms with E-state index < -0.39 is 0 Å². The Hall–Kier alpha value is -1.75. The van der Waals surface area contributed by atoms with Crippen molar-refractivity contribution < 1.29 is 0 Å². The fourth-order valence-electron chi connectivity index (χ4n) is 1.59. The summed E-state index contributed by atoms with van der Waals surface area (Å²) in [6.45, 7) is 7.08. The zero-order chi connectivity index (χ0) is 12.3. The van der Waals surface area contributed by atoms with Gasteiger partial charge in [0.25, 0.3) is 0 Å². The largest absolute Gasteiger partial charge is 0.310 e. The van der Waals surface area contributed by atoms with Crippen molar-refractivity contribution in [2.24, 2.45) is 0 Å². The van der Waals surface area contributed by atoms with Gasteiger partial charge in [-0.15, -0.1) is 0 Å². The van der Waals surface area contributed by atoms with Crippen molar-refractivity contribution in [1.82, 2.24) is 25.1 Å². The molecule has 90 valence electrons. The Morgan fingerprint density at radius 1 is 1.35 bits per heavy atom. The summed E-state index contributed by atoms with van der Waals surface area (Å²) in [4.78, 5) is 8.36. The van der Waals surface area contributed by atoms with Crippen LogP contribution in [0, 0.1) is 6.92 Å². The van der Waals surface area contributed by atoms with E-state index in [1.165, 1.54) is 11.9 Å². The molecule has 0 spiro atoms. The molecule has 0 saturated heterocycles. The van der Waals surface area contributed by atoms with Crippen molar-refractivity contribution in [3.8, 4) is 5.82 Å². The molecule has 5 heteroatoms. The third-order valence-corrected chi connectivity index (χ3v) is 2.37. The van der Waals surface area contributed by atoms with Crippen LogP contribution in [0.4, 0.5) is 0 Å². The molecule has 0 fully saturated rings. The van der Waals surface area contributed by atoms with E-state index in [-0.39, 0.29) is 0 Å². The fraction of sp³-hybridized carbons (Fsp3) is 0.417. The van der Waals surface area contributed by atoms with Crippen molar-refractivity contribution in [1.29, 1.82) is 0 Å². The number of nitrogens with one attached hydrogen (secondary N) is 1. The van der Waals surface area contributed by atoms with Crippen LogP contribution < -0.4 is 5.32 Å². The molecule has 2 aromatic heterocycles. The molecule has 0 aliphatic carbocycles. The van der Waals surface area contributed by atoms with Gasteiger partial charge in [0.2, 0.25) is 0 Å². The molecule has 0 bridgehead atoms. The Labute approximate surface area is 101 Å². The predicted octanol–water partition coefficient (Wildman–Crippen LogP) is 1.47. The molecule has 17 heavy (non-hydrogen) atoms. The Bertz CT molecular complexity index is 476. The van der Waals surface area contributed by atoms with Gasteiger partial charge < -0.3 is 5.32 Å². The van der Waals surface area contributed by atoms with Crippen molar-refractivity contribution >= 4 is 0 Å². The van der Waals surface area contributed by atoms with Gasteiger partial charge >= 0.3 is 0 Å². The highest BCUT2D eigenvalue weighted by molar-refractivity contribution is 5.29. The lowest BCUT2D eigenvalue weighted by atomic mass is 10.2. The highest BCUT2D eigenvalue weighted by atomic mass is 15.3. The minimum absolute atomic E-state index is 0.471. The summed E-state index contributed by atoms with van der Waals surface area (Å²) in [6, 6.07) is 4.57. The van der Waals surface area contributed by atoms with Crippen LogP contribution in [0.1, 0.15) is 25.1 Å². The molecule has 5 nitrogen and oxygen atoms in total. The lowest BCUT2D eigenvalue weighted by Crippen LogP contribution is -2.22. The maximum absolute atomic E-state index is 4.44. The lowest BCUT2D eigenvalue weighted by Gasteiger charge is -2.10. The van der Waals surface area contributed by atoms with E-state index in [1.807, 2.05) is 13.0 Å². The highest BCUT2D eigenvalue weighted by Gasteiger charge is 2.03. The quantitative estimate of drug-likeness (QED) is 0.865. The highest BCUT2D eigenvalue weighted by Crippen LogP contribution is 2.09. The standard InChI is InChI=1S/C12H17N5/c1-9(2)14-6-11-4-10(3)16-12(5-11)17-8-13-7-15-17/h4-5,7-9,14H,6H2,1-3H3. The summed E-state index contributed by atoms with van der Waals surface area (Å²) >= 11 is 0. The summed E-state index contributed by atoms with van der Waals surface area (Å²) in [7, 11) is 0. The topological polar surface area (TPSA) is 55.6 Å². The van der Waals surface area contributed by atoms with Gasteiger partial charge in [-0.2, -0.15) is 5.10 Å². The number of hydrogen-bond donors (Lipinski definition) is 1. The summed E-state index contributed by atoms with van der Waals surface area (Å²) in [5.41, 5.74) is 2.19. The van der Waals surface area contributed by atoms with Crippen LogP contribution >= 0.6 is 0 Å². The van der Waals surface area contributed by atoms with Gasteiger partial charge in [-0.1, -0.05) is 13.8 Å². The van der Waals surface area contributed by atoms with Gasteiger partial charge in [0, 0.05) is 18.3 Å². The van der Waals surface area contributed by atoms with E-state index >= 15 is 0 Å². The summed E-state index contributed by atoms with van der Waals surface area (Å²) < 4.78 is 1.67. The van der Waals surface area contributed by atoms with Crippen LogP contribution in [0.3, 0.4) is 0 Å². The molecular formula is C12H17N5. The molecular weight excluding hydrogens is 214 g/mol. The molecule has 2 heterocycles. The third-order valence-electron chi connectivity index (χ3n) is 2.37. The minimum atomic E-state index is 0.471. The summed E-state index contributed by atoms with van der Waals surface area (Å²) in [5.74, 6) is 0.808. The third kappa shape index (κ3) is 3.10. The predicted molar refractivity (Wildman–Crippen MR) is 65.9 cm³/mol. The molecule has 0 radical (unpaired) electrons. The number of aromatic nitrogens is 4. The molecule has 0 unspecified atom stereocenters. The van der Waals surface area contributed by atoms with Gasteiger partial charge in [-0.25, -0.2) is 14.6 Å². The van der Waals surface area contributed by atoms with E-state index in [1.54, 1.807) is 11.0 Å². The van der Waals surface area contributed by atoms with Crippen molar-refractivity contribution in [3.63, 3.8) is 0 Å². The molecule has 2 rings (SSSR count). The first-order chi connectivity index (χ1) is 8.15. The number of nitrogens with zero attached hydrogens (tertiary/aromatic N) is 4. The van der Waals surface area contributed by atoms with E-state index in [0.717, 1.165) is 18.1 Å². The fourth-order valence-corrected chi connectivity index (χ4v) is 1.59. The van der Waals surface area contributed by atoms with Crippen LogP contribution in [0.2, 0.25) is 0 Å². The normalized spacial score (nSPS) is 11.1. The van der Waals surface area contributed by atoms with Crippen LogP contribution in [0.25, 0.3) is 5.82 Å². The van der Waals surface area contributed by atoms with Gasteiger partial charge in [0.15, 0.2) is 5.82 Å². The number of aryl methyl sites for hydroxylation is 1. The smallest absolute Gasteiger partial charge is 0.155 e. The van der Waals surface area contributed by atoms with Gasteiger partial charge in [-0.05, 0) is 24.6 Å². The van der Waals surface area contributed by atoms with Crippen molar-refractivity contribution in [3.05, 3.63) is 36.0 Å². The first-order valence-corrected chi connectivity index (χ1v) is 5.71. The maximum Gasteiger partial charge on any atom is 0.155 e. The molecule has 0 aromatic carbocycles. The second-order valence-corrected chi connectivity index (χ2v) is 4.35. The molecule has 0 aliphatic rings. The Balaban J connectivity index is 2.24. The number of hydrogen-bond acceptors (Lipinski definition) is 4. The summed E-state index contributed by atoms with van der Waals surface area (Å²) in [5, 5.41) is 7.48. The monoisotopic (exact) mass is 231 g/mol. The average molecular weight is 231 g/mol. The van der Waals surface area contributed by atoms with Crippen molar-refractivity contribution in [2.45, 2.75) is 33.4 Å². The molecule has 1 N–H and O–H groups in total. The van der Waals surface area contributed by atoms with E-state index in [2.05, 4.69) is 40.3 Å². The van der Waals surface area contributed by atoms with Crippen LogP contribution in [-0.2, 0) is 6.54 Å². The van der Waals surface area contributed by atoms with Crippen LogP contribution in [0.5, 0.6) is 0 Å². The van der Waals surface area contributed by atoms with Gasteiger partial charge in [0.05, 0.1) is 0 Å². The number of pyridine rings is 1. The Kier molecular flexibility index (Phi) is 3.49. The minimum Gasteiger partial charge on any atom is -0.310 e. The maximum atomic E-state index is 4.44. The average Bonchev–Trinajstić information content (AvgIpc) is 2.79. The van der Waals surface area contributed by atoms with E-state index in [9.17, 15) is 0 Å². The molecule has 0 amide bonds. The molecule has 0 saturated carbocycles. The van der Waals surface area contributed by atoms with E-state index in [0.29, 0.717) is 6.04 Å².